The maximum atomic E-state index is 12.2. The molecule has 3 rings (SSSR count). The highest BCUT2D eigenvalue weighted by molar-refractivity contribution is 5.95. The van der Waals surface area contributed by atoms with Crippen LogP contribution in [0.2, 0.25) is 0 Å². The number of H-pyrrole nitrogens is 1. The third kappa shape index (κ3) is 2.01. The number of carbonyl (C=O) groups is 1. The first-order valence-electron chi connectivity index (χ1n) is 6.20. The van der Waals surface area contributed by atoms with Crippen molar-refractivity contribution in [2.24, 2.45) is 0 Å². The van der Waals surface area contributed by atoms with Crippen LogP contribution in [0.5, 0.6) is 0 Å². The summed E-state index contributed by atoms with van der Waals surface area (Å²) in [4.78, 5) is 21.1. The summed E-state index contributed by atoms with van der Waals surface area (Å²) in [6.07, 6.45) is 5.62. The Bertz CT molecular complexity index is 548. The van der Waals surface area contributed by atoms with Gasteiger partial charge in [0.15, 0.2) is 0 Å². The standard InChI is InChI=1S/C14H15N3O/c18-14(6-5-12-9-15-10-16-12)17-8-7-11-3-1-2-4-13(11)17/h1-4,9-10H,5-8H2,(H,15,16). The fourth-order valence-electron chi connectivity index (χ4n) is 2.40. The van der Waals surface area contributed by atoms with E-state index < -0.39 is 0 Å². The van der Waals surface area contributed by atoms with Gasteiger partial charge in [-0.25, -0.2) is 4.98 Å². The number of nitrogens with one attached hydrogen (secondary N) is 1. The van der Waals surface area contributed by atoms with Gasteiger partial charge in [0.1, 0.15) is 0 Å². The minimum atomic E-state index is 0.189. The van der Waals surface area contributed by atoms with Crippen molar-refractivity contribution in [1.82, 2.24) is 9.97 Å². The maximum Gasteiger partial charge on any atom is 0.227 e. The van der Waals surface area contributed by atoms with E-state index in [0.29, 0.717) is 6.42 Å². The van der Waals surface area contributed by atoms with E-state index in [1.807, 2.05) is 23.1 Å². The molecule has 1 N–H and O–H groups in total. The number of anilines is 1. The van der Waals surface area contributed by atoms with Gasteiger partial charge in [0.25, 0.3) is 0 Å². The number of amides is 1. The van der Waals surface area contributed by atoms with Crippen LogP contribution in [0.1, 0.15) is 17.7 Å². The molecule has 0 radical (unpaired) electrons. The number of imidazole rings is 1. The average molecular weight is 241 g/mol. The van der Waals surface area contributed by atoms with Gasteiger partial charge in [-0.15, -0.1) is 0 Å². The van der Waals surface area contributed by atoms with Crippen molar-refractivity contribution in [3.05, 3.63) is 48.0 Å². The normalized spacial score (nSPS) is 13.7. The van der Waals surface area contributed by atoms with Crippen LogP contribution >= 0.6 is 0 Å². The summed E-state index contributed by atoms with van der Waals surface area (Å²) in [6.45, 7) is 0.807. The SMILES string of the molecule is O=C(CCc1cnc[nH]1)N1CCc2ccccc21. The van der Waals surface area contributed by atoms with Crippen LogP contribution < -0.4 is 4.90 Å². The fourth-order valence-corrected chi connectivity index (χ4v) is 2.40. The van der Waals surface area contributed by atoms with E-state index in [2.05, 4.69) is 16.0 Å². The molecule has 0 fully saturated rings. The number of aromatic nitrogens is 2. The Morgan fingerprint density at radius 2 is 2.28 bits per heavy atom. The average Bonchev–Trinajstić information content (AvgIpc) is 3.05. The van der Waals surface area contributed by atoms with E-state index in [1.165, 1.54) is 5.56 Å². The van der Waals surface area contributed by atoms with E-state index in [1.54, 1.807) is 12.5 Å². The molecule has 4 heteroatoms. The topological polar surface area (TPSA) is 49.0 Å². The summed E-state index contributed by atoms with van der Waals surface area (Å²) in [7, 11) is 0. The molecule has 1 aliphatic heterocycles. The molecule has 0 aliphatic carbocycles. The Hall–Kier alpha value is -2.10. The Morgan fingerprint density at radius 3 is 3.11 bits per heavy atom. The number of hydrogen-bond donors (Lipinski definition) is 1. The highest BCUT2D eigenvalue weighted by Crippen LogP contribution is 2.27. The molecule has 0 saturated carbocycles. The molecule has 1 aromatic carbocycles. The van der Waals surface area contributed by atoms with Crippen LogP contribution in [-0.2, 0) is 17.6 Å². The number of carbonyl (C=O) groups excluding carboxylic acids is 1. The van der Waals surface area contributed by atoms with Gasteiger partial charge in [-0.1, -0.05) is 18.2 Å². The molecule has 2 aromatic rings. The largest absolute Gasteiger partial charge is 0.348 e. The first-order valence-corrected chi connectivity index (χ1v) is 6.20. The second-order valence-electron chi connectivity index (χ2n) is 4.50. The molecule has 0 saturated heterocycles. The number of nitrogens with zero attached hydrogens (tertiary/aromatic N) is 2. The second kappa shape index (κ2) is 4.64. The van der Waals surface area contributed by atoms with E-state index in [0.717, 1.165) is 30.8 Å². The Labute approximate surface area is 106 Å². The van der Waals surface area contributed by atoms with E-state index in [-0.39, 0.29) is 5.91 Å². The van der Waals surface area contributed by atoms with Crippen LogP contribution in [0.3, 0.4) is 0 Å². The second-order valence-corrected chi connectivity index (χ2v) is 4.50. The smallest absolute Gasteiger partial charge is 0.227 e. The minimum absolute atomic E-state index is 0.189. The molecular weight excluding hydrogens is 226 g/mol. The lowest BCUT2D eigenvalue weighted by Gasteiger charge is -2.16. The van der Waals surface area contributed by atoms with Crippen molar-refractivity contribution in [2.45, 2.75) is 19.3 Å². The molecule has 0 unspecified atom stereocenters. The fraction of sp³-hybridized carbons (Fsp3) is 0.286. The highest BCUT2D eigenvalue weighted by atomic mass is 16.2. The van der Waals surface area contributed by atoms with Gasteiger partial charge in [0.05, 0.1) is 6.33 Å². The molecule has 4 nitrogen and oxygen atoms in total. The third-order valence-corrected chi connectivity index (χ3v) is 3.35. The lowest BCUT2D eigenvalue weighted by Crippen LogP contribution is -2.29. The first-order chi connectivity index (χ1) is 8.84. The van der Waals surface area contributed by atoms with Crippen molar-refractivity contribution in [3.63, 3.8) is 0 Å². The van der Waals surface area contributed by atoms with Crippen LogP contribution in [0, 0.1) is 0 Å². The van der Waals surface area contributed by atoms with Crippen molar-refractivity contribution in [2.75, 3.05) is 11.4 Å². The summed E-state index contributed by atoms with van der Waals surface area (Å²) in [5.74, 6) is 0.189. The Morgan fingerprint density at radius 1 is 1.39 bits per heavy atom. The summed E-state index contributed by atoms with van der Waals surface area (Å²) in [5.41, 5.74) is 3.36. The van der Waals surface area contributed by atoms with Crippen LogP contribution in [-0.4, -0.2) is 22.4 Å². The number of aromatic amines is 1. The number of rotatable bonds is 3. The summed E-state index contributed by atoms with van der Waals surface area (Å²) in [6, 6.07) is 8.13. The van der Waals surface area contributed by atoms with Crippen LogP contribution in [0.4, 0.5) is 5.69 Å². The van der Waals surface area contributed by atoms with Crippen molar-refractivity contribution >= 4 is 11.6 Å². The molecule has 0 bridgehead atoms. The van der Waals surface area contributed by atoms with E-state index in [9.17, 15) is 4.79 Å². The zero-order chi connectivity index (χ0) is 12.4. The number of fused-ring (bicyclic) bond motifs is 1. The zero-order valence-corrected chi connectivity index (χ0v) is 10.1. The minimum Gasteiger partial charge on any atom is -0.348 e. The molecule has 1 aromatic heterocycles. The van der Waals surface area contributed by atoms with Gasteiger partial charge >= 0.3 is 0 Å². The number of para-hydroxylation sites is 1. The maximum absolute atomic E-state index is 12.2. The van der Waals surface area contributed by atoms with Gasteiger partial charge in [-0.3, -0.25) is 4.79 Å². The molecule has 0 spiro atoms. The van der Waals surface area contributed by atoms with Crippen molar-refractivity contribution in [3.8, 4) is 0 Å². The molecule has 2 heterocycles. The molecular formula is C14H15N3O. The number of hydrogen-bond acceptors (Lipinski definition) is 2. The van der Waals surface area contributed by atoms with Gasteiger partial charge in [-0.2, -0.15) is 0 Å². The monoisotopic (exact) mass is 241 g/mol. The van der Waals surface area contributed by atoms with Gasteiger partial charge in [0, 0.05) is 30.5 Å². The quantitative estimate of drug-likeness (QED) is 0.892. The van der Waals surface area contributed by atoms with E-state index in [4.69, 9.17) is 0 Å². The summed E-state index contributed by atoms with van der Waals surface area (Å²) in [5, 5.41) is 0. The van der Waals surface area contributed by atoms with Crippen LogP contribution in [0.25, 0.3) is 0 Å². The van der Waals surface area contributed by atoms with E-state index >= 15 is 0 Å². The zero-order valence-electron chi connectivity index (χ0n) is 10.1. The third-order valence-electron chi connectivity index (χ3n) is 3.35. The number of benzene rings is 1. The predicted octanol–water partition coefficient (Wildman–Crippen LogP) is 1.93. The summed E-state index contributed by atoms with van der Waals surface area (Å²) >= 11 is 0. The lowest BCUT2D eigenvalue weighted by molar-refractivity contribution is -0.118. The molecule has 0 atom stereocenters. The van der Waals surface area contributed by atoms with Crippen molar-refractivity contribution < 1.29 is 4.79 Å². The first kappa shape index (κ1) is 11.0. The van der Waals surface area contributed by atoms with Gasteiger partial charge in [0.2, 0.25) is 5.91 Å². The lowest BCUT2D eigenvalue weighted by atomic mass is 10.2. The predicted molar refractivity (Wildman–Crippen MR) is 69.4 cm³/mol. The van der Waals surface area contributed by atoms with Gasteiger partial charge < -0.3 is 9.88 Å². The summed E-state index contributed by atoms with van der Waals surface area (Å²) < 4.78 is 0. The van der Waals surface area contributed by atoms with Gasteiger partial charge in [-0.05, 0) is 24.5 Å². The molecule has 92 valence electrons. The van der Waals surface area contributed by atoms with Crippen molar-refractivity contribution in [1.29, 1.82) is 0 Å². The molecule has 1 amide bonds. The molecule has 18 heavy (non-hydrogen) atoms. The Balaban J connectivity index is 1.67. The Kier molecular flexibility index (Phi) is 2.84. The highest BCUT2D eigenvalue weighted by Gasteiger charge is 2.23. The molecule has 1 aliphatic rings. The van der Waals surface area contributed by atoms with Crippen LogP contribution in [0.15, 0.2) is 36.8 Å². The number of aryl methyl sites for hydroxylation is 1.